The van der Waals surface area contributed by atoms with Gasteiger partial charge in [0.2, 0.25) is 11.0 Å². The maximum absolute atomic E-state index is 5.51. The molecule has 2 heterocycles. The molecule has 0 radical (unpaired) electrons. The molecule has 9 heteroatoms. The molecule has 0 unspecified atom stereocenters. The second-order valence-electron chi connectivity index (χ2n) is 3.80. The lowest BCUT2D eigenvalue weighted by Gasteiger charge is -1.96. The third kappa shape index (κ3) is 2.78. The van der Waals surface area contributed by atoms with E-state index in [0.717, 1.165) is 11.1 Å². The first kappa shape index (κ1) is 12.2. The lowest BCUT2D eigenvalue weighted by Crippen LogP contribution is -1.91. The van der Waals surface area contributed by atoms with Gasteiger partial charge in [-0.2, -0.15) is 10.3 Å². The number of aromatic nitrogens is 5. The molecule has 4 N–H and O–H groups in total. The summed E-state index contributed by atoms with van der Waals surface area (Å²) >= 11 is 1.40. The average Bonchev–Trinajstić information content (AvgIpc) is 3.11. The van der Waals surface area contributed by atoms with E-state index in [1.165, 1.54) is 11.3 Å². The molecule has 8 nitrogen and oxygen atoms in total. The molecule has 3 rings (SSSR count). The van der Waals surface area contributed by atoms with Crippen LogP contribution in [0.25, 0.3) is 11.4 Å². The fourth-order valence-electron chi connectivity index (χ4n) is 1.50. The van der Waals surface area contributed by atoms with E-state index >= 15 is 0 Å². The molecule has 100 valence electrons. The van der Waals surface area contributed by atoms with E-state index in [1.807, 2.05) is 24.3 Å². The second kappa shape index (κ2) is 5.45. The molecule has 0 saturated carbocycles. The van der Waals surface area contributed by atoms with Crippen LogP contribution in [0.3, 0.4) is 0 Å². The zero-order valence-corrected chi connectivity index (χ0v) is 11.0. The first-order valence-corrected chi connectivity index (χ1v) is 6.53. The number of hydrogen-bond donors (Lipinski definition) is 3. The van der Waals surface area contributed by atoms with E-state index in [9.17, 15) is 0 Å². The number of tetrazole rings is 1. The number of anilines is 2. The number of nitrogens with two attached hydrogens (primary N) is 1. The molecule has 0 saturated heterocycles. The zero-order valence-electron chi connectivity index (χ0n) is 10.2. The van der Waals surface area contributed by atoms with Crippen LogP contribution in [0, 0.1) is 0 Å². The first-order valence-electron chi connectivity index (χ1n) is 5.65. The summed E-state index contributed by atoms with van der Waals surface area (Å²) in [7, 11) is 0. The van der Waals surface area contributed by atoms with E-state index < -0.39 is 0 Å². The lowest BCUT2D eigenvalue weighted by atomic mass is 10.1. The Morgan fingerprint density at radius 2 is 2.15 bits per heavy atom. The Hall–Kier alpha value is -2.81. The smallest absolute Gasteiger partial charge is 0.205 e. The Kier molecular flexibility index (Phi) is 3.33. The molecule has 0 atom stereocenters. The van der Waals surface area contributed by atoms with Crippen LogP contribution in [0.1, 0.15) is 5.56 Å². The highest BCUT2D eigenvalue weighted by Crippen LogP contribution is 2.16. The maximum atomic E-state index is 5.51. The van der Waals surface area contributed by atoms with Gasteiger partial charge in [-0.25, -0.2) is 4.98 Å². The molecule has 2 aromatic heterocycles. The summed E-state index contributed by atoms with van der Waals surface area (Å²) in [4.78, 5) is 4.03. The number of rotatable bonds is 4. The van der Waals surface area contributed by atoms with Gasteiger partial charge >= 0.3 is 0 Å². The monoisotopic (exact) mass is 286 g/mol. The molecule has 0 amide bonds. The van der Waals surface area contributed by atoms with Gasteiger partial charge in [-0.05, 0) is 10.8 Å². The molecular weight excluding hydrogens is 276 g/mol. The Balaban J connectivity index is 1.66. The number of nitrogens with one attached hydrogen (secondary N) is 2. The van der Waals surface area contributed by atoms with Gasteiger partial charge in [0.05, 0.1) is 6.21 Å². The topological polar surface area (TPSA) is 118 Å². The summed E-state index contributed by atoms with van der Waals surface area (Å²) < 4.78 is 0. The number of H-pyrrole nitrogens is 1. The zero-order chi connectivity index (χ0) is 13.8. The molecule has 1 aromatic carbocycles. The summed E-state index contributed by atoms with van der Waals surface area (Å²) in [6, 6.07) is 7.61. The molecule has 3 aromatic rings. The number of hydrogen-bond acceptors (Lipinski definition) is 8. The van der Waals surface area contributed by atoms with Crippen molar-refractivity contribution in [2.45, 2.75) is 0 Å². The van der Waals surface area contributed by atoms with Gasteiger partial charge in [-0.1, -0.05) is 24.3 Å². The van der Waals surface area contributed by atoms with Crippen molar-refractivity contribution in [3.8, 4) is 11.4 Å². The number of nitrogens with zero attached hydrogens (tertiary/aromatic N) is 5. The van der Waals surface area contributed by atoms with E-state index in [1.54, 1.807) is 11.6 Å². The van der Waals surface area contributed by atoms with E-state index in [2.05, 4.69) is 36.1 Å². The van der Waals surface area contributed by atoms with Gasteiger partial charge in [-0.3, -0.25) is 5.43 Å². The first-order chi connectivity index (χ1) is 9.81. The van der Waals surface area contributed by atoms with Gasteiger partial charge in [-0.15, -0.1) is 21.5 Å². The lowest BCUT2D eigenvalue weighted by molar-refractivity contribution is 0.881. The minimum atomic E-state index is 0.483. The highest BCUT2D eigenvalue weighted by molar-refractivity contribution is 7.14. The van der Waals surface area contributed by atoms with E-state index in [4.69, 9.17) is 5.73 Å². The second-order valence-corrected chi connectivity index (χ2v) is 4.66. The molecule has 0 aliphatic rings. The largest absolute Gasteiger partial charge is 0.383 e. The fraction of sp³-hybridized carbons (Fsp3) is 0. The van der Waals surface area contributed by atoms with Crippen LogP contribution in [0.5, 0.6) is 0 Å². The number of aromatic amines is 1. The van der Waals surface area contributed by atoms with Crippen LogP contribution in [-0.2, 0) is 0 Å². The molecular formula is C11H10N8S. The molecule has 0 spiro atoms. The van der Waals surface area contributed by atoms with Crippen molar-refractivity contribution in [2.75, 3.05) is 11.2 Å². The molecule has 0 fully saturated rings. The van der Waals surface area contributed by atoms with Crippen LogP contribution in [0.4, 0.5) is 10.9 Å². The number of hydrazone groups is 1. The van der Waals surface area contributed by atoms with Crippen molar-refractivity contribution in [2.24, 2.45) is 5.10 Å². The number of thiazole rings is 1. The molecule has 0 aliphatic carbocycles. The predicted octanol–water partition coefficient (Wildman–Crippen LogP) is 1.35. The molecule has 0 bridgehead atoms. The summed E-state index contributed by atoms with van der Waals surface area (Å²) in [5, 5.41) is 20.2. The Morgan fingerprint density at radius 3 is 2.80 bits per heavy atom. The van der Waals surface area contributed by atoms with Crippen LogP contribution in [0.2, 0.25) is 0 Å². The molecule has 0 aliphatic heterocycles. The minimum Gasteiger partial charge on any atom is -0.383 e. The van der Waals surface area contributed by atoms with Crippen LogP contribution < -0.4 is 11.2 Å². The van der Waals surface area contributed by atoms with Gasteiger partial charge in [0, 0.05) is 10.9 Å². The summed E-state index contributed by atoms with van der Waals surface area (Å²) in [6.45, 7) is 0. The van der Waals surface area contributed by atoms with Crippen molar-refractivity contribution < 1.29 is 0 Å². The van der Waals surface area contributed by atoms with Crippen molar-refractivity contribution in [3.63, 3.8) is 0 Å². The Bertz CT molecular complexity index is 700. The summed E-state index contributed by atoms with van der Waals surface area (Å²) in [5.41, 5.74) is 10.2. The van der Waals surface area contributed by atoms with Crippen molar-refractivity contribution in [1.82, 2.24) is 25.6 Å². The Labute approximate surface area is 117 Å². The standard InChI is InChI=1S/C11H10N8S/c12-9-6-20-11(14-9)17-13-5-7-1-3-8(4-2-7)10-15-18-19-16-10/h1-6H,12H2,(H,14,17)(H,15,16,18,19). The summed E-state index contributed by atoms with van der Waals surface area (Å²) in [6.07, 6.45) is 1.69. The highest BCUT2D eigenvalue weighted by atomic mass is 32.1. The predicted molar refractivity (Wildman–Crippen MR) is 77.4 cm³/mol. The molecule has 20 heavy (non-hydrogen) atoms. The minimum absolute atomic E-state index is 0.483. The van der Waals surface area contributed by atoms with Crippen molar-refractivity contribution in [1.29, 1.82) is 0 Å². The summed E-state index contributed by atoms with van der Waals surface area (Å²) in [5.74, 6) is 1.04. The van der Waals surface area contributed by atoms with Crippen molar-refractivity contribution in [3.05, 3.63) is 35.2 Å². The average molecular weight is 286 g/mol. The van der Waals surface area contributed by atoms with E-state index in [0.29, 0.717) is 16.8 Å². The highest BCUT2D eigenvalue weighted by Gasteiger charge is 2.01. The van der Waals surface area contributed by atoms with Gasteiger partial charge < -0.3 is 5.73 Å². The van der Waals surface area contributed by atoms with Crippen LogP contribution >= 0.6 is 11.3 Å². The van der Waals surface area contributed by atoms with Crippen LogP contribution in [0.15, 0.2) is 34.7 Å². The van der Waals surface area contributed by atoms with Gasteiger partial charge in [0.25, 0.3) is 0 Å². The van der Waals surface area contributed by atoms with E-state index in [-0.39, 0.29) is 0 Å². The Morgan fingerprint density at radius 1 is 1.30 bits per heavy atom. The van der Waals surface area contributed by atoms with Gasteiger partial charge in [0.15, 0.2) is 0 Å². The quantitative estimate of drug-likeness (QED) is 0.492. The van der Waals surface area contributed by atoms with Crippen LogP contribution in [-0.4, -0.2) is 31.8 Å². The third-order valence-corrected chi connectivity index (χ3v) is 3.18. The number of nitrogen functional groups attached to an aromatic ring is 1. The van der Waals surface area contributed by atoms with Gasteiger partial charge in [0.1, 0.15) is 5.82 Å². The SMILES string of the molecule is Nc1csc(NN=Cc2ccc(-c3nn[nH]n3)cc2)n1. The van der Waals surface area contributed by atoms with Crippen molar-refractivity contribution >= 4 is 28.5 Å². The normalized spacial score (nSPS) is 11.0. The number of benzene rings is 1. The maximum Gasteiger partial charge on any atom is 0.205 e. The fourth-order valence-corrected chi connectivity index (χ4v) is 2.05. The third-order valence-electron chi connectivity index (χ3n) is 2.41.